The van der Waals surface area contributed by atoms with Gasteiger partial charge in [0, 0.05) is 23.5 Å². The second-order valence-electron chi connectivity index (χ2n) is 8.35. The van der Waals surface area contributed by atoms with Crippen LogP contribution in [0.4, 0.5) is 5.69 Å². The average molecular weight is 438 g/mol. The molecule has 0 spiro atoms. The summed E-state index contributed by atoms with van der Waals surface area (Å²) in [6.45, 7) is 4.18. The predicted octanol–water partition coefficient (Wildman–Crippen LogP) is 5.73. The molecule has 1 aliphatic rings. The molecule has 0 bridgehead atoms. The summed E-state index contributed by atoms with van der Waals surface area (Å²) in [5.74, 6) is -1.36. The van der Waals surface area contributed by atoms with E-state index in [4.69, 9.17) is 4.42 Å². The number of hydrogen-bond acceptors (Lipinski definition) is 5. The maximum absolute atomic E-state index is 13.6. The van der Waals surface area contributed by atoms with Gasteiger partial charge in [0.1, 0.15) is 5.58 Å². The van der Waals surface area contributed by atoms with E-state index in [0.717, 1.165) is 10.9 Å². The molecule has 5 rings (SSSR count). The summed E-state index contributed by atoms with van der Waals surface area (Å²) in [6.07, 6.45) is 3.21. The molecule has 1 unspecified atom stereocenters. The van der Waals surface area contributed by atoms with Crippen LogP contribution in [0.2, 0.25) is 0 Å². The number of aliphatic hydroxyl groups excluding tert-OH is 1. The van der Waals surface area contributed by atoms with Gasteiger partial charge in [0.15, 0.2) is 11.5 Å². The number of carbonyl (C=O) groups is 2. The number of amides is 1. The van der Waals surface area contributed by atoms with Crippen LogP contribution >= 0.6 is 0 Å². The van der Waals surface area contributed by atoms with Crippen molar-refractivity contribution in [3.05, 3.63) is 107 Å². The summed E-state index contributed by atoms with van der Waals surface area (Å²) < 4.78 is 5.75. The Hall–Kier alpha value is -4.19. The molecule has 0 saturated heterocycles. The van der Waals surface area contributed by atoms with E-state index in [9.17, 15) is 14.7 Å². The molecule has 1 amide bonds. The Morgan fingerprint density at radius 1 is 1.06 bits per heavy atom. The van der Waals surface area contributed by atoms with Crippen molar-refractivity contribution in [3.8, 4) is 0 Å². The number of Topliss-reactive ketones (excluding diaryl/α,β-unsaturated/α-hetero) is 1. The summed E-state index contributed by atoms with van der Waals surface area (Å²) in [7, 11) is 0. The first kappa shape index (κ1) is 20.7. The number of aliphatic hydroxyl groups is 1. The van der Waals surface area contributed by atoms with E-state index >= 15 is 0 Å². The SMILES string of the molecule is CC(C)c1ccc(N2C(=O)C(O)=C(C(=O)c3cc4ccccc4o3)C2c2cccnc2)cc1. The number of ketones is 1. The molecule has 0 radical (unpaired) electrons. The number of pyridine rings is 1. The molecule has 1 aliphatic heterocycles. The first-order valence-electron chi connectivity index (χ1n) is 10.8. The molecular formula is C27H22N2O4. The summed E-state index contributed by atoms with van der Waals surface area (Å²) in [5, 5.41) is 11.6. The third kappa shape index (κ3) is 3.49. The Bertz CT molecular complexity index is 1350. The Morgan fingerprint density at radius 2 is 1.82 bits per heavy atom. The molecule has 3 heterocycles. The van der Waals surface area contributed by atoms with E-state index in [0.29, 0.717) is 22.8 Å². The van der Waals surface area contributed by atoms with Gasteiger partial charge >= 0.3 is 0 Å². The molecule has 0 fully saturated rings. The van der Waals surface area contributed by atoms with Crippen LogP contribution in [0.3, 0.4) is 0 Å². The van der Waals surface area contributed by atoms with Gasteiger partial charge in [0.05, 0.1) is 11.6 Å². The Balaban J connectivity index is 1.62. The second kappa shape index (κ2) is 8.06. The first-order chi connectivity index (χ1) is 16.0. The van der Waals surface area contributed by atoms with Crippen LogP contribution in [-0.2, 0) is 4.79 Å². The van der Waals surface area contributed by atoms with Gasteiger partial charge in [0.25, 0.3) is 5.91 Å². The van der Waals surface area contributed by atoms with Crippen molar-refractivity contribution in [1.82, 2.24) is 4.98 Å². The lowest BCUT2D eigenvalue weighted by molar-refractivity contribution is -0.117. The zero-order chi connectivity index (χ0) is 23.1. The topological polar surface area (TPSA) is 83.6 Å². The fourth-order valence-electron chi connectivity index (χ4n) is 4.20. The summed E-state index contributed by atoms with van der Waals surface area (Å²) in [4.78, 5) is 32.4. The lowest BCUT2D eigenvalue weighted by Gasteiger charge is -2.26. The normalized spacial score (nSPS) is 16.3. The number of aromatic nitrogens is 1. The zero-order valence-corrected chi connectivity index (χ0v) is 18.2. The number of para-hydroxylation sites is 1. The van der Waals surface area contributed by atoms with Crippen LogP contribution < -0.4 is 4.90 Å². The second-order valence-corrected chi connectivity index (χ2v) is 8.35. The summed E-state index contributed by atoms with van der Waals surface area (Å²) in [5.41, 5.74) is 2.85. The molecule has 0 saturated carbocycles. The molecule has 164 valence electrons. The highest BCUT2D eigenvalue weighted by Crippen LogP contribution is 2.42. The minimum absolute atomic E-state index is 0.0278. The van der Waals surface area contributed by atoms with Crippen molar-refractivity contribution in [2.24, 2.45) is 0 Å². The van der Waals surface area contributed by atoms with Crippen molar-refractivity contribution in [3.63, 3.8) is 0 Å². The molecule has 1 N–H and O–H groups in total. The van der Waals surface area contributed by atoms with Crippen LogP contribution in [0.15, 0.2) is 94.9 Å². The van der Waals surface area contributed by atoms with Crippen molar-refractivity contribution >= 4 is 28.3 Å². The van der Waals surface area contributed by atoms with E-state index in [-0.39, 0.29) is 11.3 Å². The van der Waals surface area contributed by atoms with E-state index in [1.807, 2.05) is 42.5 Å². The van der Waals surface area contributed by atoms with Gasteiger partial charge in [-0.2, -0.15) is 0 Å². The summed E-state index contributed by atoms with van der Waals surface area (Å²) >= 11 is 0. The van der Waals surface area contributed by atoms with Crippen LogP contribution in [-0.4, -0.2) is 21.8 Å². The quantitative estimate of drug-likeness (QED) is 0.402. The third-order valence-corrected chi connectivity index (χ3v) is 5.94. The van der Waals surface area contributed by atoms with Gasteiger partial charge in [-0.3, -0.25) is 19.5 Å². The standard InChI is InChI=1S/C27H22N2O4/c1-16(2)17-9-11-20(12-10-17)29-24(19-7-5-13-28-15-19)23(26(31)27(29)32)25(30)22-14-18-6-3-4-8-21(18)33-22/h3-16,24,31H,1-2H3. The van der Waals surface area contributed by atoms with Gasteiger partial charge in [-0.25, -0.2) is 0 Å². The minimum atomic E-state index is -0.836. The van der Waals surface area contributed by atoms with Gasteiger partial charge in [-0.15, -0.1) is 0 Å². The van der Waals surface area contributed by atoms with Crippen molar-refractivity contribution in [2.45, 2.75) is 25.8 Å². The van der Waals surface area contributed by atoms with E-state index < -0.39 is 23.5 Å². The number of nitrogens with zero attached hydrogens (tertiary/aromatic N) is 2. The number of rotatable bonds is 5. The lowest BCUT2D eigenvalue weighted by Crippen LogP contribution is -2.31. The highest BCUT2D eigenvalue weighted by atomic mass is 16.3. The molecule has 0 aliphatic carbocycles. The number of anilines is 1. The van der Waals surface area contributed by atoms with E-state index in [1.165, 1.54) is 4.90 Å². The Morgan fingerprint density at radius 3 is 2.48 bits per heavy atom. The number of carbonyl (C=O) groups excluding carboxylic acids is 2. The van der Waals surface area contributed by atoms with Crippen LogP contribution in [0.25, 0.3) is 11.0 Å². The smallest absolute Gasteiger partial charge is 0.294 e. The number of hydrogen-bond donors (Lipinski definition) is 1. The maximum Gasteiger partial charge on any atom is 0.294 e. The molecule has 6 nitrogen and oxygen atoms in total. The van der Waals surface area contributed by atoms with Gasteiger partial charge in [-0.1, -0.05) is 50.2 Å². The minimum Gasteiger partial charge on any atom is -0.503 e. The fourth-order valence-corrected chi connectivity index (χ4v) is 4.20. The molecule has 1 atom stereocenters. The maximum atomic E-state index is 13.6. The molecule has 2 aromatic carbocycles. The van der Waals surface area contributed by atoms with Crippen molar-refractivity contribution < 1.29 is 19.1 Å². The van der Waals surface area contributed by atoms with Crippen molar-refractivity contribution in [2.75, 3.05) is 4.90 Å². The predicted molar refractivity (Wildman–Crippen MR) is 125 cm³/mol. The monoisotopic (exact) mass is 438 g/mol. The Kier molecular flexibility index (Phi) is 5.05. The average Bonchev–Trinajstić information content (AvgIpc) is 3.38. The number of furan rings is 1. The molecule has 33 heavy (non-hydrogen) atoms. The molecular weight excluding hydrogens is 416 g/mol. The highest BCUT2D eigenvalue weighted by molar-refractivity contribution is 6.20. The van der Waals surface area contributed by atoms with Gasteiger partial charge in [-0.05, 0) is 47.4 Å². The number of fused-ring (bicyclic) bond motifs is 1. The molecule has 6 heteroatoms. The Labute approximate surface area is 190 Å². The van der Waals surface area contributed by atoms with Crippen LogP contribution in [0.1, 0.15) is 47.5 Å². The lowest BCUT2D eigenvalue weighted by atomic mass is 9.95. The van der Waals surface area contributed by atoms with Gasteiger partial charge < -0.3 is 9.52 Å². The molecule has 4 aromatic rings. The highest BCUT2D eigenvalue weighted by Gasteiger charge is 2.45. The number of benzene rings is 2. The first-order valence-corrected chi connectivity index (χ1v) is 10.8. The van der Waals surface area contributed by atoms with Crippen LogP contribution in [0, 0.1) is 0 Å². The van der Waals surface area contributed by atoms with Crippen molar-refractivity contribution in [1.29, 1.82) is 0 Å². The fraction of sp³-hybridized carbons (Fsp3) is 0.148. The summed E-state index contributed by atoms with van der Waals surface area (Å²) in [6, 6.07) is 19.1. The van der Waals surface area contributed by atoms with Gasteiger partial charge in [0.2, 0.25) is 5.78 Å². The van der Waals surface area contributed by atoms with Crippen LogP contribution in [0.5, 0.6) is 0 Å². The molecule has 2 aromatic heterocycles. The van der Waals surface area contributed by atoms with E-state index in [2.05, 4.69) is 18.8 Å². The van der Waals surface area contributed by atoms with E-state index in [1.54, 1.807) is 36.7 Å². The zero-order valence-electron chi connectivity index (χ0n) is 18.2. The third-order valence-electron chi connectivity index (χ3n) is 5.94. The largest absolute Gasteiger partial charge is 0.503 e.